The van der Waals surface area contributed by atoms with Crippen LogP contribution in [0.15, 0.2) is 42.5 Å². The molecule has 0 radical (unpaired) electrons. The molecule has 29 heavy (non-hydrogen) atoms. The third-order valence-corrected chi connectivity index (χ3v) is 5.73. The Hall–Kier alpha value is -3.01. The molecule has 4 nitrogen and oxygen atoms in total. The van der Waals surface area contributed by atoms with Gasteiger partial charge in [0.05, 0.1) is 11.1 Å². The van der Waals surface area contributed by atoms with Crippen LogP contribution in [0.25, 0.3) is 10.9 Å². The molecule has 1 aliphatic carbocycles. The monoisotopic (exact) mass is 387 g/mol. The van der Waals surface area contributed by atoms with Gasteiger partial charge in [-0.1, -0.05) is 48.9 Å². The second-order valence-corrected chi connectivity index (χ2v) is 8.09. The van der Waals surface area contributed by atoms with Crippen molar-refractivity contribution in [2.24, 2.45) is 5.92 Å². The molecule has 0 N–H and O–H groups in total. The van der Waals surface area contributed by atoms with Crippen molar-refractivity contribution in [3.8, 4) is 0 Å². The Labute approximate surface area is 170 Å². The van der Waals surface area contributed by atoms with E-state index in [4.69, 9.17) is 9.72 Å². The van der Waals surface area contributed by atoms with E-state index in [0.717, 1.165) is 52.5 Å². The molecule has 1 heterocycles. The highest BCUT2D eigenvalue weighted by Crippen LogP contribution is 2.31. The van der Waals surface area contributed by atoms with Gasteiger partial charge in [-0.05, 0) is 56.2 Å². The Morgan fingerprint density at radius 3 is 2.72 bits per heavy atom. The first kappa shape index (κ1) is 19.3. The summed E-state index contributed by atoms with van der Waals surface area (Å²) in [5, 5.41) is 0.796. The largest absolute Gasteiger partial charge is 0.454 e. The quantitative estimate of drug-likeness (QED) is 0.466. The molecule has 0 saturated heterocycles. The predicted molar refractivity (Wildman–Crippen MR) is 113 cm³/mol. The number of hydrogen-bond donors (Lipinski definition) is 0. The number of para-hydroxylation sites is 1. The number of carbonyl (C=O) groups is 2. The van der Waals surface area contributed by atoms with E-state index in [1.165, 1.54) is 0 Å². The summed E-state index contributed by atoms with van der Waals surface area (Å²) in [5.41, 5.74) is 5.92. The number of fused-ring (bicyclic) bond motifs is 2. The fourth-order valence-corrected chi connectivity index (χ4v) is 4.20. The molecule has 1 atom stereocenters. The van der Waals surface area contributed by atoms with Crippen molar-refractivity contribution < 1.29 is 14.3 Å². The number of nitrogens with zero attached hydrogens (tertiary/aromatic N) is 1. The molecular weight excluding hydrogens is 362 g/mol. The van der Waals surface area contributed by atoms with E-state index in [1.54, 1.807) is 6.07 Å². The number of aromatic nitrogens is 1. The third-order valence-electron chi connectivity index (χ3n) is 5.73. The van der Waals surface area contributed by atoms with Crippen molar-refractivity contribution >= 4 is 22.7 Å². The second-order valence-electron chi connectivity index (χ2n) is 8.09. The number of Topliss-reactive ketones (excluding diaryl/α,β-unsaturated/α-hetero) is 1. The summed E-state index contributed by atoms with van der Waals surface area (Å²) in [6, 6.07) is 13.3. The Morgan fingerprint density at radius 2 is 1.93 bits per heavy atom. The molecule has 0 fully saturated rings. The van der Waals surface area contributed by atoms with Crippen molar-refractivity contribution in [2.75, 3.05) is 6.61 Å². The molecule has 1 aliphatic rings. The first-order valence-electron chi connectivity index (χ1n) is 10.1. The molecule has 0 unspecified atom stereocenters. The minimum Gasteiger partial charge on any atom is -0.454 e. The fourth-order valence-electron chi connectivity index (χ4n) is 4.20. The minimum atomic E-state index is -0.437. The first-order valence-corrected chi connectivity index (χ1v) is 10.1. The molecule has 0 saturated carbocycles. The van der Waals surface area contributed by atoms with Crippen molar-refractivity contribution in [1.82, 2.24) is 4.98 Å². The molecule has 0 bridgehead atoms. The average Bonchev–Trinajstić information content (AvgIpc) is 2.69. The number of rotatable bonds is 4. The highest BCUT2D eigenvalue weighted by molar-refractivity contribution is 6.06. The summed E-state index contributed by atoms with van der Waals surface area (Å²) in [4.78, 5) is 30.5. The standard InChI is InChI=1S/C25H25NO3/c1-15-8-10-18(17(3)12-15)23(27)14-29-25(28)24-19-6-4-5-7-21(19)26-22-13-16(2)9-11-20(22)24/h4-8,10,12,16H,9,11,13-14H2,1-3H3/t16-/m0/s1. The van der Waals surface area contributed by atoms with Crippen LogP contribution in [0.5, 0.6) is 0 Å². The van der Waals surface area contributed by atoms with Gasteiger partial charge in [-0.2, -0.15) is 0 Å². The van der Waals surface area contributed by atoms with Gasteiger partial charge in [0.1, 0.15) is 0 Å². The van der Waals surface area contributed by atoms with E-state index in [-0.39, 0.29) is 12.4 Å². The Morgan fingerprint density at radius 1 is 1.14 bits per heavy atom. The molecule has 4 rings (SSSR count). The smallest absolute Gasteiger partial charge is 0.339 e. The highest BCUT2D eigenvalue weighted by atomic mass is 16.5. The summed E-state index contributed by atoms with van der Waals surface area (Å²) < 4.78 is 5.51. The van der Waals surface area contributed by atoms with Gasteiger partial charge in [0.15, 0.2) is 6.61 Å². The Bertz CT molecular complexity index is 1120. The second kappa shape index (κ2) is 7.78. The van der Waals surface area contributed by atoms with Crippen LogP contribution in [-0.2, 0) is 17.6 Å². The van der Waals surface area contributed by atoms with Crippen LogP contribution < -0.4 is 0 Å². The number of hydrogen-bond acceptors (Lipinski definition) is 4. The van der Waals surface area contributed by atoms with Gasteiger partial charge in [0.25, 0.3) is 0 Å². The lowest BCUT2D eigenvalue weighted by atomic mass is 9.84. The summed E-state index contributed by atoms with van der Waals surface area (Å²) in [5.74, 6) is -0.0738. The zero-order valence-corrected chi connectivity index (χ0v) is 17.1. The van der Waals surface area contributed by atoms with E-state index in [9.17, 15) is 9.59 Å². The van der Waals surface area contributed by atoms with Crippen molar-refractivity contribution in [3.63, 3.8) is 0 Å². The van der Waals surface area contributed by atoms with E-state index in [1.807, 2.05) is 50.2 Å². The van der Waals surface area contributed by atoms with Gasteiger partial charge in [-0.25, -0.2) is 4.79 Å². The van der Waals surface area contributed by atoms with E-state index >= 15 is 0 Å². The highest BCUT2D eigenvalue weighted by Gasteiger charge is 2.26. The Balaban J connectivity index is 1.64. The van der Waals surface area contributed by atoms with Crippen molar-refractivity contribution in [1.29, 1.82) is 0 Å². The van der Waals surface area contributed by atoms with Crippen LogP contribution in [0.2, 0.25) is 0 Å². The number of aryl methyl sites for hydroxylation is 2. The predicted octanol–water partition coefficient (Wildman–Crippen LogP) is 5.02. The van der Waals surface area contributed by atoms with E-state index in [0.29, 0.717) is 17.0 Å². The van der Waals surface area contributed by atoms with Gasteiger partial charge in [0.2, 0.25) is 5.78 Å². The van der Waals surface area contributed by atoms with E-state index < -0.39 is 5.97 Å². The fraction of sp³-hybridized carbons (Fsp3) is 0.320. The first-order chi connectivity index (χ1) is 13.9. The van der Waals surface area contributed by atoms with Gasteiger partial charge < -0.3 is 4.74 Å². The maximum atomic E-state index is 13.1. The zero-order chi connectivity index (χ0) is 20.5. The van der Waals surface area contributed by atoms with Crippen LogP contribution >= 0.6 is 0 Å². The molecule has 0 spiro atoms. The third kappa shape index (κ3) is 3.80. The number of ketones is 1. The summed E-state index contributed by atoms with van der Waals surface area (Å²) in [6.45, 7) is 5.83. The SMILES string of the molecule is Cc1ccc(C(=O)COC(=O)c2c3c(nc4ccccc24)C[C@@H](C)CC3)c(C)c1. The van der Waals surface area contributed by atoms with Crippen LogP contribution in [0.4, 0.5) is 0 Å². The van der Waals surface area contributed by atoms with Crippen LogP contribution in [0.1, 0.15) is 56.4 Å². The molecule has 2 aromatic carbocycles. The summed E-state index contributed by atoms with van der Waals surface area (Å²) in [6.07, 6.45) is 2.69. The van der Waals surface area contributed by atoms with Gasteiger partial charge >= 0.3 is 5.97 Å². The number of ether oxygens (including phenoxy) is 1. The lowest BCUT2D eigenvalue weighted by Crippen LogP contribution is -2.21. The number of benzene rings is 2. The van der Waals surface area contributed by atoms with E-state index in [2.05, 4.69) is 6.92 Å². The average molecular weight is 387 g/mol. The lowest BCUT2D eigenvalue weighted by molar-refractivity contribution is 0.0475. The van der Waals surface area contributed by atoms with Crippen molar-refractivity contribution in [3.05, 3.63) is 76.0 Å². The van der Waals surface area contributed by atoms with Gasteiger partial charge in [-0.3, -0.25) is 9.78 Å². The van der Waals surface area contributed by atoms with Gasteiger partial charge in [0, 0.05) is 16.6 Å². The molecule has 148 valence electrons. The summed E-state index contributed by atoms with van der Waals surface area (Å²) in [7, 11) is 0. The normalized spacial score (nSPS) is 15.8. The topological polar surface area (TPSA) is 56.3 Å². The molecule has 4 heteroatoms. The number of esters is 1. The Kier molecular flexibility index (Phi) is 5.18. The van der Waals surface area contributed by atoms with Crippen LogP contribution in [-0.4, -0.2) is 23.3 Å². The lowest BCUT2D eigenvalue weighted by Gasteiger charge is -2.23. The maximum absolute atomic E-state index is 13.1. The summed E-state index contributed by atoms with van der Waals surface area (Å²) >= 11 is 0. The maximum Gasteiger partial charge on any atom is 0.339 e. The molecule has 0 amide bonds. The van der Waals surface area contributed by atoms with Gasteiger partial charge in [-0.15, -0.1) is 0 Å². The zero-order valence-electron chi connectivity index (χ0n) is 17.1. The van der Waals surface area contributed by atoms with Crippen LogP contribution in [0, 0.1) is 19.8 Å². The molecule has 3 aromatic rings. The molecule has 0 aliphatic heterocycles. The number of pyridine rings is 1. The minimum absolute atomic E-state index is 0.184. The van der Waals surface area contributed by atoms with Crippen LogP contribution in [0.3, 0.4) is 0 Å². The molecule has 1 aromatic heterocycles. The van der Waals surface area contributed by atoms with Crippen molar-refractivity contribution in [2.45, 2.75) is 40.0 Å². The number of carbonyl (C=O) groups excluding carboxylic acids is 2. The molecular formula is C25H25NO3.